The number of esters is 1. The van der Waals surface area contributed by atoms with Crippen molar-refractivity contribution in [2.45, 2.75) is 31.9 Å². The molecule has 0 spiro atoms. The molecule has 120 valence electrons. The minimum atomic E-state index is -5.89. The second-order valence-corrected chi connectivity index (χ2v) is 7.27. The molecule has 21 heavy (non-hydrogen) atoms. The fraction of sp³-hybridized carbons (Fsp3) is 0.500. The number of hydrogen-bond donors (Lipinski definition) is 1. The number of carbonyl (C=O) groups is 1. The molecule has 0 amide bonds. The number of hydrogen-bond acceptors (Lipinski definition) is 7. The molecule has 11 heteroatoms. The molecular formula is C10H12F3NO5S2. The Labute approximate surface area is 122 Å². The van der Waals surface area contributed by atoms with Gasteiger partial charge in [0.15, 0.2) is 5.75 Å². The summed E-state index contributed by atoms with van der Waals surface area (Å²) in [6, 6.07) is 0. The van der Waals surface area contributed by atoms with Gasteiger partial charge in [-0.3, -0.25) is 0 Å². The van der Waals surface area contributed by atoms with Gasteiger partial charge >= 0.3 is 21.6 Å². The molecule has 0 saturated heterocycles. The van der Waals surface area contributed by atoms with Crippen molar-refractivity contribution in [3.8, 4) is 5.75 Å². The minimum absolute atomic E-state index is 0.211. The SMILES string of the molecule is CC(C)(C)OC(=O)c1c(OS(=O)(=O)C(F)(F)F)csc1N. The van der Waals surface area contributed by atoms with E-state index in [1.807, 2.05) is 0 Å². The number of carbonyl (C=O) groups excluding carboxylic acids is 1. The highest BCUT2D eigenvalue weighted by Crippen LogP contribution is 2.36. The number of anilines is 1. The van der Waals surface area contributed by atoms with Crippen molar-refractivity contribution < 1.29 is 35.3 Å². The standard InChI is InChI=1S/C10H12F3NO5S2/c1-9(2,3)18-8(15)6-5(4-20-7(6)14)19-21(16,17)10(11,12)13/h4H,14H2,1-3H3. The van der Waals surface area contributed by atoms with Crippen LogP contribution >= 0.6 is 11.3 Å². The average molecular weight is 347 g/mol. The van der Waals surface area contributed by atoms with Crippen LogP contribution in [-0.4, -0.2) is 25.5 Å². The Morgan fingerprint density at radius 3 is 2.24 bits per heavy atom. The van der Waals surface area contributed by atoms with Crippen LogP contribution in [0.1, 0.15) is 31.1 Å². The number of rotatable bonds is 3. The molecule has 1 rings (SSSR count). The van der Waals surface area contributed by atoms with Crippen LogP contribution in [0.15, 0.2) is 5.38 Å². The lowest BCUT2D eigenvalue weighted by Gasteiger charge is -2.19. The molecule has 0 aromatic carbocycles. The Kier molecular flexibility index (Phi) is 4.49. The van der Waals surface area contributed by atoms with Crippen LogP contribution in [0.2, 0.25) is 0 Å². The summed E-state index contributed by atoms with van der Waals surface area (Å²) in [7, 11) is -5.89. The summed E-state index contributed by atoms with van der Waals surface area (Å²) >= 11 is 0.657. The van der Waals surface area contributed by atoms with E-state index in [4.69, 9.17) is 10.5 Å². The average Bonchev–Trinajstić information content (AvgIpc) is 2.54. The molecule has 1 aromatic rings. The molecule has 0 radical (unpaired) electrons. The summed E-state index contributed by atoms with van der Waals surface area (Å²) in [6.45, 7) is 4.58. The number of alkyl halides is 3. The Morgan fingerprint density at radius 2 is 1.81 bits per heavy atom. The van der Waals surface area contributed by atoms with Gasteiger partial charge in [-0.25, -0.2) is 4.79 Å². The summed E-state index contributed by atoms with van der Waals surface area (Å²) in [6.07, 6.45) is 0. The highest BCUT2D eigenvalue weighted by atomic mass is 32.2. The van der Waals surface area contributed by atoms with Crippen LogP contribution in [0.3, 0.4) is 0 Å². The maximum absolute atomic E-state index is 12.3. The summed E-state index contributed by atoms with van der Waals surface area (Å²) in [5.41, 5.74) is -1.66. The van der Waals surface area contributed by atoms with E-state index in [9.17, 15) is 26.4 Å². The lowest BCUT2D eigenvalue weighted by atomic mass is 10.2. The molecule has 0 fully saturated rings. The maximum Gasteiger partial charge on any atom is 0.534 e. The van der Waals surface area contributed by atoms with Gasteiger partial charge in [-0.2, -0.15) is 21.6 Å². The third-order valence-corrected chi connectivity index (χ3v) is 3.63. The molecular weight excluding hydrogens is 335 g/mol. The number of ether oxygens (including phenoxy) is 1. The predicted molar refractivity (Wildman–Crippen MR) is 69.5 cm³/mol. The molecule has 1 aromatic heterocycles. The molecule has 0 bridgehead atoms. The van der Waals surface area contributed by atoms with E-state index in [0.29, 0.717) is 11.3 Å². The van der Waals surface area contributed by atoms with Gasteiger partial charge in [-0.15, -0.1) is 11.3 Å². The van der Waals surface area contributed by atoms with Gasteiger partial charge in [0.2, 0.25) is 0 Å². The fourth-order valence-corrected chi connectivity index (χ4v) is 2.34. The molecule has 0 aliphatic rings. The van der Waals surface area contributed by atoms with Gasteiger partial charge in [-0.05, 0) is 20.8 Å². The van der Waals surface area contributed by atoms with E-state index >= 15 is 0 Å². The predicted octanol–water partition coefficient (Wildman–Crippen LogP) is 2.51. The molecule has 1 heterocycles. The molecule has 0 aliphatic heterocycles. The van der Waals surface area contributed by atoms with E-state index in [-0.39, 0.29) is 5.00 Å². The van der Waals surface area contributed by atoms with Gasteiger partial charge in [-0.1, -0.05) is 0 Å². The van der Waals surface area contributed by atoms with Crippen LogP contribution in [0.5, 0.6) is 5.75 Å². The van der Waals surface area contributed by atoms with Gasteiger partial charge in [0, 0.05) is 5.38 Å². The number of thiophene rings is 1. The van der Waals surface area contributed by atoms with Crippen LogP contribution in [0.4, 0.5) is 18.2 Å². The molecule has 6 nitrogen and oxygen atoms in total. The van der Waals surface area contributed by atoms with Crippen molar-refractivity contribution in [2.24, 2.45) is 0 Å². The third kappa shape index (κ3) is 4.24. The first-order valence-corrected chi connectivity index (χ1v) is 7.64. The Balaban J connectivity index is 3.16. The van der Waals surface area contributed by atoms with Crippen molar-refractivity contribution in [1.29, 1.82) is 0 Å². The Morgan fingerprint density at radius 1 is 1.29 bits per heavy atom. The molecule has 0 aliphatic carbocycles. The second kappa shape index (κ2) is 5.37. The van der Waals surface area contributed by atoms with Crippen molar-refractivity contribution in [1.82, 2.24) is 0 Å². The van der Waals surface area contributed by atoms with E-state index in [2.05, 4.69) is 4.18 Å². The van der Waals surface area contributed by atoms with Crippen LogP contribution in [0.25, 0.3) is 0 Å². The summed E-state index contributed by atoms with van der Waals surface area (Å²) in [4.78, 5) is 11.8. The fourth-order valence-electron chi connectivity index (χ4n) is 1.11. The van der Waals surface area contributed by atoms with E-state index < -0.39 is 38.5 Å². The van der Waals surface area contributed by atoms with Crippen molar-refractivity contribution in [3.63, 3.8) is 0 Å². The first-order chi connectivity index (χ1) is 9.24. The van der Waals surface area contributed by atoms with Crippen molar-refractivity contribution in [2.75, 3.05) is 5.73 Å². The lowest BCUT2D eigenvalue weighted by Crippen LogP contribution is -2.29. The summed E-state index contributed by atoms with van der Waals surface area (Å²) in [5.74, 6) is -1.89. The highest BCUT2D eigenvalue weighted by Gasteiger charge is 2.49. The van der Waals surface area contributed by atoms with Crippen LogP contribution < -0.4 is 9.92 Å². The van der Waals surface area contributed by atoms with Gasteiger partial charge in [0.05, 0.1) is 0 Å². The van der Waals surface area contributed by atoms with Crippen LogP contribution in [0, 0.1) is 0 Å². The number of nitrogens with two attached hydrogens (primary N) is 1. The molecule has 0 atom stereocenters. The molecule has 2 N–H and O–H groups in total. The van der Waals surface area contributed by atoms with Crippen LogP contribution in [-0.2, 0) is 14.9 Å². The van der Waals surface area contributed by atoms with Gasteiger partial charge in [0.25, 0.3) is 0 Å². The summed E-state index contributed by atoms with van der Waals surface area (Å²) in [5, 5.41) is 0.675. The van der Waals surface area contributed by atoms with E-state index in [0.717, 1.165) is 5.38 Å². The van der Waals surface area contributed by atoms with E-state index in [1.165, 1.54) is 20.8 Å². The minimum Gasteiger partial charge on any atom is -0.456 e. The number of halogens is 3. The first-order valence-electron chi connectivity index (χ1n) is 5.35. The Bertz CT molecular complexity index is 643. The smallest absolute Gasteiger partial charge is 0.456 e. The zero-order valence-corrected chi connectivity index (χ0v) is 12.8. The van der Waals surface area contributed by atoms with Gasteiger partial charge in [0.1, 0.15) is 16.2 Å². The number of nitrogen functional groups attached to an aromatic ring is 1. The lowest BCUT2D eigenvalue weighted by molar-refractivity contribution is -0.0501. The van der Waals surface area contributed by atoms with E-state index in [1.54, 1.807) is 0 Å². The zero-order valence-electron chi connectivity index (χ0n) is 11.1. The van der Waals surface area contributed by atoms with Crippen molar-refractivity contribution >= 4 is 32.4 Å². The van der Waals surface area contributed by atoms with Crippen molar-refractivity contribution in [3.05, 3.63) is 10.9 Å². The topological polar surface area (TPSA) is 95.7 Å². The Hall–Kier alpha value is -1.49. The second-order valence-electron chi connectivity index (χ2n) is 4.82. The molecule has 0 saturated carbocycles. The largest absolute Gasteiger partial charge is 0.534 e. The van der Waals surface area contributed by atoms with Gasteiger partial charge < -0.3 is 14.7 Å². The monoisotopic (exact) mass is 347 g/mol. The maximum atomic E-state index is 12.3. The highest BCUT2D eigenvalue weighted by molar-refractivity contribution is 7.88. The molecule has 0 unspecified atom stereocenters. The zero-order chi connectivity index (χ0) is 16.6. The third-order valence-electron chi connectivity index (χ3n) is 1.87. The quantitative estimate of drug-likeness (QED) is 0.513. The first kappa shape index (κ1) is 17.6. The normalized spacial score (nSPS) is 13.0. The summed E-state index contributed by atoms with van der Waals surface area (Å²) < 4.78 is 67.6.